The Morgan fingerprint density at radius 3 is 2.48 bits per heavy atom. The minimum absolute atomic E-state index is 0.0738. The summed E-state index contributed by atoms with van der Waals surface area (Å²) in [7, 11) is -3.65. The minimum atomic E-state index is -3.65. The Balaban J connectivity index is 2.78. The Morgan fingerprint density at radius 1 is 1.24 bits per heavy atom. The van der Waals surface area contributed by atoms with Gasteiger partial charge in [-0.1, -0.05) is 6.92 Å². The van der Waals surface area contributed by atoms with Crippen molar-refractivity contribution in [2.45, 2.75) is 42.4 Å². The van der Waals surface area contributed by atoms with Crippen molar-refractivity contribution < 1.29 is 13.5 Å². The van der Waals surface area contributed by atoms with Gasteiger partial charge in [0.25, 0.3) is 0 Å². The number of rotatable bonds is 3. The van der Waals surface area contributed by atoms with Gasteiger partial charge >= 0.3 is 0 Å². The molecular formula is C14H18N2O3S2. The molecule has 1 aromatic heterocycles. The molecule has 0 unspecified atom stereocenters. The van der Waals surface area contributed by atoms with E-state index >= 15 is 0 Å². The van der Waals surface area contributed by atoms with E-state index in [1.165, 1.54) is 30.2 Å². The molecule has 0 aliphatic rings. The number of benzene rings is 1. The van der Waals surface area contributed by atoms with Crippen LogP contribution in [0.15, 0.2) is 28.4 Å². The molecule has 1 aromatic carbocycles. The van der Waals surface area contributed by atoms with Crippen LogP contribution in [-0.2, 0) is 9.84 Å². The number of thioether (sulfide) groups is 1. The summed E-state index contributed by atoms with van der Waals surface area (Å²) in [6.45, 7) is 6.81. The number of sulfone groups is 1. The highest BCUT2D eigenvalue weighted by Crippen LogP contribution is 2.36. The van der Waals surface area contributed by atoms with Crippen molar-refractivity contribution in [3.05, 3.63) is 18.5 Å². The van der Waals surface area contributed by atoms with Gasteiger partial charge in [-0.3, -0.25) is 0 Å². The van der Waals surface area contributed by atoms with Gasteiger partial charge in [-0.15, -0.1) is 11.8 Å². The quantitative estimate of drug-likeness (QED) is 0.690. The van der Waals surface area contributed by atoms with Crippen LogP contribution in [0.2, 0.25) is 0 Å². The fourth-order valence-electron chi connectivity index (χ4n) is 1.85. The highest BCUT2D eigenvalue weighted by molar-refractivity contribution is 7.99. The van der Waals surface area contributed by atoms with Gasteiger partial charge in [-0.2, -0.15) is 0 Å². The molecule has 21 heavy (non-hydrogen) atoms. The molecule has 5 nitrogen and oxygen atoms in total. The zero-order valence-electron chi connectivity index (χ0n) is 12.4. The summed E-state index contributed by atoms with van der Waals surface area (Å²) >= 11 is 1.51. The number of phenolic OH excluding ortho intramolecular Hbond substituents is 1. The van der Waals surface area contributed by atoms with E-state index in [-0.39, 0.29) is 10.6 Å². The first-order valence-corrected chi connectivity index (χ1v) is 9.00. The highest BCUT2D eigenvalue weighted by Gasteiger charge is 2.33. The summed E-state index contributed by atoms with van der Waals surface area (Å²) in [6.07, 6.45) is 1.41. The van der Waals surface area contributed by atoms with Crippen LogP contribution in [0.25, 0.3) is 10.9 Å². The van der Waals surface area contributed by atoms with Crippen LogP contribution in [0, 0.1) is 0 Å². The highest BCUT2D eigenvalue weighted by atomic mass is 32.2. The largest absolute Gasteiger partial charge is 0.507 e. The van der Waals surface area contributed by atoms with Crippen molar-refractivity contribution >= 4 is 32.5 Å². The van der Waals surface area contributed by atoms with Gasteiger partial charge in [0.1, 0.15) is 22.0 Å². The topological polar surface area (TPSA) is 80.2 Å². The van der Waals surface area contributed by atoms with Crippen molar-refractivity contribution in [3.63, 3.8) is 0 Å². The van der Waals surface area contributed by atoms with E-state index in [1.807, 2.05) is 6.92 Å². The lowest BCUT2D eigenvalue weighted by Crippen LogP contribution is -2.28. The lowest BCUT2D eigenvalue weighted by atomic mass is 10.2. The summed E-state index contributed by atoms with van der Waals surface area (Å²) in [4.78, 5) is 8.20. The van der Waals surface area contributed by atoms with Crippen molar-refractivity contribution in [2.24, 2.45) is 0 Å². The lowest BCUT2D eigenvalue weighted by Gasteiger charge is -2.20. The minimum Gasteiger partial charge on any atom is -0.507 e. The molecule has 0 atom stereocenters. The molecule has 114 valence electrons. The van der Waals surface area contributed by atoms with Gasteiger partial charge in [-0.25, -0.2) is 18.4 Å². The van der Waals surface area contributed by atoms with Crippen LogP contribution in [0.3, 0.4) is 0 Å². The van der Waals surface area contributed by atoms with E-state index in [0.717, 1.165) is 5.75 Å². The molecular weight excluding hydrogens is 308 g/mol. The normalized spacial score (nSPS) is 12.8. The molecule has 1 heterocycles. The molecule has 0 saturated heterocycles. The van der Waals surface area contributed by atoms with Gasteiger partial charge < -0.3 is 5.11 Å². The third kappa shape index (κ3) is 2.85. The first kappa shape index (κ1) is 16.0. The SMILES string of the molecule is CCSc1ncnc2cc(O)c(S(=O)(=O)C(C)(C)C)cc12. The summed E-state index contributed by atoms with van der Waals surface area (Å²) in [5.41, 5.74) is 0.534. The molecule has 0 aliphatic carbocycles. The molecule has 0 fully saturated rings. The van der Waals surface area contributed by atoms with E-state index in [0.29, 0.717) is 15.9 Å². The molecule has 0 radical (unpaired) electrons. The maximum absolute atomic E-state index is 12.6. The standard InChI is InChI=1S/C14H18N2O3S2/c1-5-20-13-9-6-12(21(18,19)14(2,3)4)11(17)7-10(9)15-8-16-13/h6-8,17H,5H2,1-4H3. The van der Waals surface area contributed by atoms with Gasteiger partial charge in [0, 0.05) is 11.5 Å². The van der Waals surface area contributed by atoms with Gasteiger partial charge in [0.05, 0.1) is 10.3 Å². The first-order chi connectivity index (χ1) is 9.68. The first-order valence-electron chi connectivity index (χ1n) is 6.53. The zero-order valence-corrected chi connectivity index (χ0v) is 14.0. The second kappa shape index (κ2) is 5.46. The number of hydrogen-bond acceptors (Lipinski definition) is 6. The summed E-state index contributed by atoms with van der Waals surface area (Å²) in [5, 5.41) is 11.4. The van der Waals surface area contributed by atoms with E-state index in [1.54, 1.807) is 20.8 Å². The van der Waals surface area contributed by atoms with Crippen LogP contribution in [0.4, 0.5) is 0 Å². The molecule has 2 aromatic rings. The second-order valence-corrected chi connectivity index (χ2v) is 9.49. The molecule has 0 bridgehead atoms. The Labute approximate surface area is 128 Å². The van der Waals surface area contributed by atoms with E-state index in [2.05, 4.69) is 9.97 Å². The molecule has 1 N–H and O–H groups in total. The lowest BCUT2D eigenvalue weighted by molar-refractivity contribution is 0.457. The van der Waals surface area contributed by atoms with Crippen molar-refractivity contribution in [3.8, 4) is 5.75 Å². The predicted molar refractivity (Wildman–Crippen MR) is 84.5 cm³/mol. The molecule has 2 rings (SSSR count). The van der Waals surface area contributed by atoms with Gasteiger partial charge in [0.2, 0.25) is 0 Å². The predicted octanol–water partition coefficient (Wildman–Crippen LogP) is 3.02. The Morgan fingerprint density at radius 2 is 1.90 bits per heavy atom. The molecule has 0 amide bonds. The van der Waals surface area contributed by atoms with Crippen molar-refractivity contribution in [1.29, 1.82) is 0 Å². The van der Waals surface area contributed by atoms with Crippen LogP contribution in [-0.4, -0.2) is 34.0 Å². The molecule has 0 aliphatic heterocycles. The van der Waals surface area contributed by atoms with Gasteiger partial charge in [-0.05, 0) is 32.6 Å². The Hall–Kier alpha value is -1.34. The monoisotopic (exact) mass is 326 g/mol. The van der Waals surface area contributed by atoms with Crippen LogP contribution in [0.1, 0.15) is 27.7 Å². The number of hydrogen-bond donors (Lipinski definition) is 1. The summed E-state index contributed by atoms with van der Waals surface area (Å²) in [6, 6.07) is 2.86. The third-order valence-electron chi connectivity index (χ3n) is 3.06. The molecule has 0 spiro atoms. The zero-order chi connectivity index (χ0) is 15.8. The maximum Gasteiger partial charge on any atom is 0.186 e. The van der Waals surface area contributed by atoms with E-state index in [4.69, 9.17) is 0 Å². The average molecular weight is 326 g/mol. The van der Waals surface area contributed by atoms with Crippen LogP contribution in [0.5, 0.6) is 5.75 Å². The van der Waals surface area contributed by atoms with E-state index < -0.39 is 14.6 Å². The fraction of sp³-hybridized carbons (Fsp3) is 0.429. The third-order valence-corrected chi connectivity index (χ3v) is 6.46. The average Bonchev–Trinajstić information content (AvgIpc) is 2.37. The second-order valence-electron chi connectivity index (χ2n) is 5.56. The van der Waals surface area contributed by atoms with Gasteiger partial charge in [0.15, 0.2) is 9.84 Å². The maximum atomic E-state index is 12.6. The fourth-order valence-corrected chi connectivity index (χ4v) is 3.83. The Kier molecular flexibility index (Phi) is 4.17. The molecule has 0 saturated carbocycles. The van der Waals surface area contributed by atoms with Crippen LogP contribution >= 0.6 is 11.8 Å². The number of aromatic nitrogens is 2. The number of aromatic hydroxyl groups is 1. The Bertz CT molecular complexity index is 781. The van der Waals surface area contributed by atoms with E-state index in [9.17, 15) is 13.5 Å². The van der Waals surface area contributed by atoms with Crippen molar-refractivity contribution in [2.75, 3.05) is 5.75 Å². The number of nitrogens with zero attached hydrogens (tertiary/aromatic N) is 2. The van der Waals surface area contributed by atoms with Crippen molar-refractivity contribution in [1.82, 2.24) is 9.97 Å². The number of phenols is 1. The summed E-state index contributed by atoms with van der Waals surface area (Å²) < 4.78 is 24.2. The molecule has 7 heteroatoms. The number of fused-ring (bicyclic) bond motifs is 1. The summed E-state index contributed by atoms with van der Waals surface area (Å²) in [5.74, 6) is 0.539. The van der Waals surface area contributed by atoms with Crippen LogP contribution < -0.4 is 0 Å². The smallest absolute Gasteiger partial charge is 0.186 e.